The van der Waals surface area contributed by atoms with Gasteiger partial charge in [0.1, 0.15) is 5.75 Å². The number of carbonyl (C=O) groups excluding carboxylic acids is 1. The monoisotopic (exact) mass is 380 g/mol. The molecule has 0 aliphatic carbocycles. The highest BCUT2D eigenvalue weighted by molar-refractivity contribution is 7.10. The topological polar surface area (TPSA) is 41.6 Å². The van der Waals surface area contributed by atoms with Crippen molar-refractivity contribution in [1.82, 2.24) is 10.2 Å². The maximum Gasteiger partial charge on any atom is 0.258 e. The molecule has 1 atom stereocenters. The number of benzene rings is 2. The van der Waals surface area contributed by atoms with Gasteiger partial charge in [0.25, 0.3) is 5.91 Å². The van der Waals surface area contributed by atoms with Crippen LogP contribution in [0.15, 0.2) is 72.1 Å². The number of hydrogen-bond donors (Lipinski definition) is 1. The van der Waals surface area contributed by atoms with E-state index in [4.69, 9.17) is 4.74 Å². The largest absolute Gasteiger partial charge is 0.483 e. The number of ether oxygens (including phenoxy) is 1. The van der Waals surface area contributed by atoms with E-state index in [0.29, 0.717) is 12.3 Å². The maximum atomic E-state index is 12.3. The van der Waals surface area contributed by atoms with Crippen LogP contribution in [0.3, 0.4) is 0 Å². The van der Waals surface area contributed by atoms with Crippen molar-refractivity contribution in [2.75, 3.05) is 27.2 Å². The van der Waals surface area contributed by atoms with Crippen LogP contribution in [-0.4, -0.2) is 38.1 Å². The summed E-state index contributed by atoms with van der Waals surface area (Å²) in [5, 5.41) is 5.04. The van der Waals surface area contributed by atoms with Crippen LogP contribution >= 0.6 is 11.3 Å². The lowest BCUT2D eigenvalue weighted by Gasteiger charge is -2.23. The zero-order chi connectivity index (χ0) is 19.1. The molecule has 4 nitrogen and oxygen atoms in total. The van der Waals surface area contributed by atoms with E-state index < -0.39 is 0 Å². The average molecular weight is 381 g/mol. The van der Waals surface area contributed by atoms with E-state index in [1.165, 1.54) is 4.88 Å². The van der Waals surface area contributed by atoms with Crippen LogP contribution in [-0.2, 0) is 4.79 Å². The van der Waals surface area contributed by atoms with Gasteiger partial charge in [-0.15, -0.1) is 11.3 Å². The predicted octanol–water partition coefficient (Wildman–Crippen LogP) is 4.21. The number of para-hydroxylation sites is 1. The third-order valence-electron chi connectivity index (χ3n) is 4.32. The number of carbonyl (C=O) groups is 1. The number of nitrogens with one attached hydrogen (secondary N) is 1. The van der Waals surface area contributed by atoms with Crippen molar-refractivity contribution in [3.63, 3.8) is 0 Å². The predicted molar refractivity (Wildman–Crippen MR) is 111 cm³/mol. The molecule has 0 bridgehead atoms. The van der Waals surface area contributed by atoms with Crippen molar-refractivity contribution in [2.24, 2.45) is 0 Å². The van der Waals surface area contributed by atoms with Crippen LogP contribution < -0.4 is 10.1 Å². The number of nitrogens with zero attached hydrogens (tertiary/aromatic N) is 1. The molecule has 0 spiro atoms. The van der Waals surface area contributed by atoms with Gasteiger partial charge in [-0.05, 0) is 37.2 Å². The van der Waals surface area contributed by atoms with Crippen molar-refractivity contribution >= 4 is 17.2 Å². The second kappa shape index (κ2) is 9.35. The summed E-state index contributed by atoms with van der Waals surface area (Å²) < 4.78 is 5.81. The first-order chi connectivity index (χ1) is 13.1. The summed E-state index contributed by atoms with van der Waals surface area (Å²) in [6.45, 7) is 0.546. The molecular formula is C22H24N2O2S. The smallest absolute Gasteiger partial charge is 0.258 e. The average Bonchev–Trinajstić information content (AvgIpc) is 3.21. The minimum atomic E-state index is -0.124. The quantitative estimate of drug-likeness (QED) is 0.636. The standard InChI is InChI=1S/C22H24N2O2S/c1-24(2)19(21-13-8-14-27-21)15-23-22(25)16-26-20-12-7-6-11-18(20)17-9-4-3-5-10-17/h3-14,19H,15-16H2,1-2H3,(H,23,25). The first-order valence-corrected chi connectivity index (χ1v) is 9.77. The Balaban J connectivity index is 1.58. The molecule has 27 heavy (non-hydrogen) atoms. The Morgan fingerprint density at radius 1 is 1.04 bits per heavy atom. The molecule has 1 unspecified atom stereocenters. The Hall–Kier alpha value is -2.63. The van der Waals surface area contributed by atoms with E-state index in [1.807, 2.05) is 74.8 Å². The number of rotatable bonds is 8. The summed E-state index contributed by atoms with van der Waals surface area (Å²) in [4.78, 5) is 15.7. The van der Waals surface area contributed by atoms with Crippen LogP contribution in [0.5, 0.6) is 5.75 Å². The summed E-state index contributed by atoms with van der Waals surface area (Å²) in [6, 6.07) is 22.1. The molecule has 1 N–H and O–H groups in total. The third kappa shape index (κ3) is 5.18. The van der Waals surface area contributed by atoms with Gasteiger partial charge in [-0.3, -0.25) is 4.79 Å². The second-order valence-electron chi connectivity index (χ2n) is 6.45. The van der Waals surface area contributed by atoms with Crippen LogP contribution in [0.1, 0.15) is 10.9 Å². The Morgan fingerprint density at radius 2 is 1.78 bits per heavy atom. The van der Waals surface area contributed by atoms with Gasteiger partial charge >= 0.3 is 0 Å². The Kier molecular flexibility index (Phi) is 6.63. The summed E-state index contributed by atoms with van der Waals surface area (Å²) in [7, 11) is 4.03. The molecule has 3 aromatic rings. The van der Waals surface area contributed by atoms with Crippen LogP contribution in [0.25, 0.3) is 11.1 Å². The van der Waals surface area contributed by atoms with E-state index in [9.17, 15) is 4.79 Å². The van der Waals surface area contributed by atoms with Gasteiger partial charge in [-0.1, -0.05) is 54.6 Å². The van der Waals surface area contributed by atoms with Crippen molar-refractivity contribution < 1.29 is 9.53 Å². The van der Waals surface area contributed by atoms with Crippen LogP contribution in [0.2, 0.25) is 0 Å². The Labute approximate surface area is 164 Å². The van der Waals surface area contributed by atoms with Gasteiger partial charge in [0.15, 0.2) is 6.61 Å². The maximum absolute atomic E-state index is 12.3. The second-order valence-corrected chi connectivity index (χ2v) is 7.43. The fourth-order valence-corrected chi connectivity index (χ4v) is 3.79. The molecule has 2 aromatic carbocycles. The number of hydrogen-bond acceptors (Lipinski definition) is 4. The number of likely N-dealkylation sites (N-methyl/N-ethyl adjacent to an activating group) is 1. The van der Waals surface area contributed by atoms with Gasteiger partial charge in [-0.2, -0.15) is 0 Å². The van der Waals surface area contributed by atoms with Gasteiger partial charge in [0.2, 0.25) is 0 Å². The van der Waals surface area contributed by atoms with E-state index in [2.05, 4.69) is 21.7 Å². The summed E-state index contributed by atoms with van der Waals surface area (Å²) >= 11 is 1.70. The highest BCUT2D eigenvalue weighted by Crippen LogP contribution is 2.29. The van der Waals surface area contributed by atoms with Crippen molar-refractivity contribution in [3.8, 4) is 16.9 Å². The normalized spacial score (nSPS) is 12.0. The molecule has 1 amide bonds. The minimum absolute atomic E-state index is 0.00552. The lowest BCUT2D eigenvalue weighted by Crippen LogP contribution is -2.36. The van der Waals surface area contributed by atoms with E-state index >= 15 is 0 Å². The summed E-state index contributed by atoms with van der Waals surface area (Å²) in [5.74, 6) is 0.586. The first kappa shape index (κ1) is 19.1. The molecule has 0 aliphatic heterocycles. The molecule has 5 heteroatoms. The van der Waals surface area contributed by atoms with Crippen molar-refractivity contribution in [3.05, 3.63) is 77.0 Å². The zero-order valence-corrected chi connectivity index (χ0v) is 16.4. The van der Waals surface area contributed by atoms with Gasteiger partial charge < -0.3 is 15.0 Å². The van der Waals surface area contributed by atoms with Gasteiger partial charge in [0, 0.05) is 17.0 Å². The first-order valence-electron chi connectivity index (χ1n) is 8.89. The minimum Gasteiger partial charge on any atom is -0.483 e. The van der Waals surface area contributed by atoms with Crippen molar-refractivity contribution in [2.45, 2.75) is 6.04 Å². The lowest BCUT2D eigenvalue weighted by molar-refractivity contribution is -0.123. The van der Waals surface area contributed by atoms with Gasteiger partial charge in [-0.25, -0.2) is 0 Å². The highest BCUT2D eigenvalue weighted by Gasteiger charge is 2.16. The lowest BCUT2D eigenvalue weighted by atomic mass is 10.1. The fraction of sp³-hybridized carbons (Fsp3) is 0.227. The van der Waals surface area contributed by atoms with Crippen molar-refractivity contribution in [1.29, 1.82) is 0 Å². The van der Waals surface area contributed by atoms with Gasteiger partial charge in [0.05, 0.1) is 6.04 Å². The molecule has 0 saturated heterocycles. The highest BCUT2D eigenvalue weighted by atomic mass is 32.1. The van der Waals surface area contributed by atoms with E-state index in [0.717, 1.165) is 11.1 Å². The summed E-state index contributed by atoms with van der Waals surface area (Å²) in [6.07, 6.45) is 0. The third-order valence-corrected chi connectivity index (χ3v) is 5.29. The Bertz CT molecular complexity index is 848. The Morgan fingerprint density at radius 3 is 2.48 bits per heavy atom. The molecular weight excluding hydrogens is 356 g/mol. The van der Waals surface area contributed by atoms with E-state index in [-0.39, 0.29) is 18.6 Å². The summed E-state index contributed by atoms with van der Waals surface area (Å²) in [5.41, 5.74) is 2.05. The molecule has 1 heterocycles. The molecule has 0 fully saturated rings. The van der Waals surface area contributed by atoms with E-state index in [1.54, 1.807) is 11.3 Å². The molecule has 3 rings (SSSR count). The molecule has 1 aromatic heterocycles. The van der Waals surface area contributed by atoms with Crippen LogP contribution in [0, 0.1) is 0 Å². The molecule has 0 aliphatic rings. The SMILES string of the molecule is CN(C)C(CNC(=O)COc1ccccc1-c1ccccc1)c1cccs1. The molecule has 140 valence electrons. The molecule has 0 radical (unpaired) electrons. The molecule has 0 saturated carbocycles. The number of amides is 1. The van der Waals surface area contributed by atoms with Crippen LogP contribution in [0.4, 0.5) is 0 Å². The number of thiophene rings is 1. The fourth-order valence-electron chi connectivity index (χ4n) is 2.87. The zero-order valence-electron chi connectivity index (χ0n) is 15.6.